The van der Waals surface area contributed by atoms with Gasteiger partial charge in [-0.15, -0.1) is 0 Å². The molecule has 160 valence electrons. The maximum absolute atomic E-state index is 11.4. The molecule has 0 aliphatic heterocycles. The van der Waals surface area contributed by atoms with Crippen molar-refractivity contribution in [1.82, 2.24) is 15.0 Å². The van der Waals surface area contributed by atoms with Crippen LogP contribution in [0.3, 0.4) is 0 Å². The van der Waals surface area contributed by atoms with Crippen molar-refractivity contribution in [3.8, 4) is 22.6 Å². The second kappa shape index (κ2) is 9.45. The Labute approximate surface area is 187 Å². The van der Waals surface area contributed by atoms with Crippen LogP contribution < -0.4 is 5.48 Å². The lowest BCUT2D eigenvalue weighted by atomic mass is 10.0. The third-order valence-electron chi connectivity index (χ3n) is 5.48. The highest BCUT2D eigenvalue weighted by Crippen LogP contribution is 2.35. The van der Waals surface area contributed by atoms with Crippen molar-refractivity contribution < 1.29 is 10.0 Å². The van der Waals surface area contributed by atoms with Crippen molar-refractivity contribution in [2.24, 2.45) is 0 Å². The van der Waals surface area contributed by atoms with Gasteiger partial charge in [0.1, 0.15) is 5.82 Å². The molecule has 1 atom stereocenters. The second-order valence-electron chi connectivity index (χ2n) is 7.63. The van der Waals surface area contributed by atoms with Crippen LogP contribution in [0.25, 0.3) is 28.7 Å². The predicted molar refractivity (Wildman–Crippen MR) is 127 cm³/mol. The molecular weight excluding hydrogens is 398 g/mol. The van der Waals surface area contributed by atoms with Gasteiger partial charge in [0.05, 0.1) is 17.4 Å². The summed E-state index contributed by atoms with van der Waals surface area (Å²) in [5, 5.41) is 8.74. The minimum atomic E-state index is -0.569. The third-order valence-corrected chi connectivity index (χ3v) is 5.48. The minimum absolute atomic E-state index is 0.0574. The molecule has 4 rings (SSSR count). The lowest BCUT2D eigenvalue weighted by Crippen LogP contribution is -2.14. The molecular formula is C27H25N3O2. The van der Waals surface area contributed by atoms with Gasteiger partial charge in [-0.2, -0.15) is 0 Å². The fraction of sp³-hybridized carbons (Fsp3) is 0.111. The van der Waals surface area contributed by atoms with Gasteiger partial charge in [-0.3, -0.25) is 10.0 Å². The van der Waals surface area contributed by atoms with Crippen LogP contribution in [0, 0.1) is 6.92 Å². The first-order chi connectivity index (χ1) is 15.6. The molecule has 4 aromatic rings. The van der Waals surface area contributed by atoms with E-state index in [9.17, 15) is 4.79 Å². The number of imidazole rings is 1. The van der Waals surface area contributed by atoms with Crippen molar-refractivity contribution in [3.63, 3.8) is 0 Å². The van der Waals surface area contributed by atoms with Gasteiger partial charge in [-0.1, -0.05) is 78.9 Å². The molecule has 0 radical (unpaired) electrons. The molecule has 1 amide bonds. The first-order valence-electron chi connectivity index (χ1n) is 10.5. The van der Waals surface area contributed by atoms with E-state index in [2.05, 4.69) is 54.0 Å². The summed E-state index contributed by atoms with van der Waals surface area (Å²) in [6.07, 6.45) is 2.97. The van der Waals surface area contributed by atoms with Gasteiger partial charge in [-0.25, -0.2) is 10.5 Å². The number of hydroxylamine groups is 1. The molecule has 2 N–H and O–H groups in total. The lowest BCUT2D eigenvalue weighted by Gasteiger charge is -2.21. The monoisotopic (exact) mass is 423 g/mol. The van der Waals surface area contributed by atoms with E-state index in [1.54, 1.807) is 11.6 Å². The Morgan fingerprint density at radius 1 is 0.969 bits per heavy atom. The number of hydrogen-bond donors (Lipinski definition) is 2. The Balaban J connectivity index is 1.89. The Kier molecular flexibility index (Phi) is 6.29. The Bertz CT molecular complexity index is 1240. The van der Waals surface area contributed by atoms with Gasteiger partial charge in [0, 0.05) is 17.2 Å². The molecule has 1 aromatic heterocycles. The molecule has 1 unspecified atom stereocenters. The van der Waals surface area contributed by atoms with E-state index in [-0.39, 0.29) is 6.04 Å². The molecule has 0 saturated heterocycles. The topological polar surface area (TPSA) is 67.2 Å². The van der Waals surface area contributed by atoms with E-state index in [0.717, 1.165) is 33.9 Å². The fourth-order valence-corrected chi connectivity index (χ4v) is 3.94. The molecule has 0 aliphatic carbocycles. The average molecular weight is 424 g/mol. The smallest absolute Gasteiger partial charge is 0.267 e. The zero-order valence-electron chi connectivity index (χ0n) is 18.1. The summed E-state index contributed by atoms with van der Waals surface area (Å²) >= 11 is 0. The molecule has 0 bridgehead atoms. The van der Waals surface area contributed by atoms with Crippen molar-refractivity contribution in [2.75, 3.05) is 0 Å². The van der Waals surface area contributed by atoms with Gasteiger partial charge in [0.15, 0.2) is 0 Å². The molecule has 5 nitrogen and oxygen atoms in total. The number of benzene rings is 3. The largest absolute Gasteiger partial charge is 0.316 e. The van der Waals surface area contributed by atoms with Crippen LogP contribution in [0.1, 0.15) is 29.8 Å². The molecule has 0 fully saturated rings. The molecule has 5 heteroatoms. The first kappa shape index (κ1) is 21.3. The first-order valence-corrected chi connectivity index (χ1v) is 10.5. The zero-order valence-corrected chi connectivity index (χ0v) is 18.1. The number of aromatic nitrogens is 2. The normalized spacial score (nSPS) is 12.1. The number of carbonyl (C=O) groups excluding carboxylic acids is 1. The lowest BCUT2D eigenvalue weighted by molar-refractivity contribution is -0.124. The van der Waals surface area contributed by atoms with Crippen molar-refractivity contribution >= 4 is 12.0 Å². The standard InChI is InChI=1S/C27H25N3O2/c1-19-26(24-15-9-10-21(18-24)16-17-25(31)29-32)30(20(2)22-11-5-3-6-12-22)27(28-19)23-13-7-4-8-14-23/h3-18,20,32H,1-2H3,(H,29,31). The van der Waals surface area contributed by atoms with Gasteiger partial charge in [0.25, 0.3) is 5.91 Å². The van der Waals surface area contributed by atoms with Gasteiger partial charge in [-0.05, 0) is 37.1 Å². The number of amides is 1. The highest BCUT2D eigenvalue weighted by Gasteiger charge is 2.22. The zero-order chi connectivity index (χ0) is 22.5. The average Bonchev–Trinajstić information content (AvgIpc) is 3.20. The maximum atomic E-state index is 11.4. The van der Waals surface area contributed by atoms with Crippen LogP contribution in [0.5, 0.6) is 0 Å². The number of rotatable bonds is 6. The van der Waals surface area contributed by atoms with Crippen LogP contribution in [0.2, 0.25) is 0 Å². The maximum Gasteiger partial charge on any atom is 0.267 e. The predicted octanol–water partition coefficient (Wildman–Crippen LogP) is 5.65. The number of nitrogens with zero attached hydrogens (tertiary/aromatic N) is 2. The van der Waals surface area contributed by atoms with Crippen molar-refractivity contribution in [1.29, 1.82) is 0 Å². The summed E-state index contributed by atoms with van der Waals surface area (Å²) in [5.41, 5.74) is 7.68. The van der Waals surface area contributed by atoms with E-state index in [4.69, 9.17) is 10.2 Å². The minimum Gasteiger partial charge on any atom is -0.316 e. The van der Waals surface area contributed by atoms with Crippen LogP contribution >= 0.6 is 0 Å². The number of aryl methyl sites for hydroxylation is 1. The van der Waals surface area contributed by atoms with Crippen LogP contribution in [0.4, 0.5) is 0 Å². The van der Waals surface area contributed by atoms with Gasteiger partial charge >= 0.3 is 0 Å². The Hall–Kier alpha value is -3.96. The van der Waals surface area contributed by atoms with Gasteiger partial charge < -0.3 is 4.57 Å². The molecule has 32 heavy (non-hydrogen) atoms. The Morgan fingerprint density at radius 2 is 1.62 bits per heavy atom. The van der Waals surface area contributed by atoms with Crippen LogP contribution in [-0.2, 0) is 4.79 Å². The summed E-state index contributed by atoms with van der Waals surface area (Å²) < 4.78 is 2.28. The fourth-order valence-electron chi connectivity index (χ4n) is 3.94. The number of nitrogens with one attached hydrogen (secondary N) is 1. The Morgan fingerprint density at radius 3 is 2.31 bits per heavy atom. The molecule has 1 heterocycles. The summed E-state index contributed by atoms with van der Waals surface area (Å²) in [6.45, 7) is 4.21. The molecule has 0 saturated carbocycles. The number of hydrogen-bond acceptors (Lipinski definition) is 3. The van der Waals surface area contributed by atoms with E-state index < -0.39 is 5.91 Å². The van der Waals surface area contributed by atoms with Gasteiger partial charge in [0.2, 0.25) is 0 Å². The molecule has 0 spiro atoms. The second-order valence-corrected chi connectivity index (χ2v) is 7.63. The summed E-state index contributed by atoms with van der Waals surface area (Å²) in [6, 6.07) is 28.6. The van der Waals surface area contributed by atoms with E-state index in [1.807, 2.05) is 49.4 Å². The summed E-state index contributed by atoms with van der Waals surface area (Å²) in [5.74, 6) is 0.343. The van der Waals surface area contributed by atoms with Crippen LogP contribution in [-0.4, -0.2) is 20.7 Å². The summed E-state index contributed by atoms with van der Waals surface area (Å²) in [7, 11) is 0. The highest BCUT2D eigenvalue weighted by atomic mass is 16.5. The third kappa shape index (κ3) is 4.38. The van der Waals surface area contributed by atoms with E-state index >= 15 is 0 Å². The highest BCUT2D eigenvalue weighted by molar-refractivity contribution is 5.91. The van der Waals surface area contributed by atoms with Crippen LogP contribution in [0.15, 0.2) is 91.0 Å². The van der Waals surface area contributed by atoms with Crippen molar-refractivity contribution in [3.05, 3.63) is 108 Å². The molecule has 0 aliphatic rings. The van der Waals surface area contributed by atoms with E-state index in [1.165, 1.54) is 11.6 Å². The van der Waals surface area contributed by atoms with Crippen molar-refractivity contribution in [2.45, 2.75) is 19.9 Å². The quantitative estimate of drug-likeness (QED) is 0.239. The molecule has 3 aromatic carbocycles. The van der Waals surface area contributed by atoms with E-state index in [0.29, 0.717) is 0 Å². The summed E-state index contributed by atoms with van der Waals surface area (Å²) in [4.78, 5) is 16.4. The number of carbonyl (C=O) groups is 1. The SMILES string of the molecule is Cc1nc(-c2ccccc2)n(C(C)c2ccccc2)c1-c1cccc(C=CC(=O)NO)c1.